The van der Waals surface area contributed by atoms with Crippen molar-refractivity contribution < 1.29 is 4.92 Å². The lowest BCUT2D eigenvalue weighted by molar-refractivity contribution is -0.384. The number of alkyl halides is 2. The minimum absolute atomic E-state index is 0.0727. The standard InChI is InChI=1S/C7H5BrClNO2/c8-7(9)5-1-3-6(4-2-5)10(11)12/h1-4,7H. The Hall–Kier alpha value is -0.610. The number of rotatable bonds is 2. The van der Waals surface area contributed by atoms with Gasteiger partial charge >= 0.3 is 0 Å². The number of nitrogens with zero attached hydrogens (tertiary/aromatic N) is 1. The Morgan fingerprint density at radius 3 is 2.25 bits per heavy atom. The van der Waals surface area contributed by atoms with Crippen LogP contribution < -0.4 is 0 Å². The van der Waals surface area contributed by atoms with E-state index in [1.807, 2.05) is 0 Å². The summed E-state index contributed by atoms with van der Waals surface area (Å²) in [6.45, 7) is 0. The van der Waals surface area contributed by atoms with E-state index in [0.29, 0.717) is 0 Å². The molecule has 12 heavy (non-hydrogen) atoms. The van der Waals surface area contributed by atoms with Crippen LogP contribution in [0.2, 0.25) is 0 Å². The lowest BCUT2D eigenvalue weighted by Gasteiger charge is -1.99. The smallest absolute Gasteiger partial charge is 0.258 e. The van der Waals surface area contributed by atoms with Gasteiger partial charge in [0.05, 0.1) is 4.92 Å². The molecule has 1 rings (SSSR count). The van der Waals surface area contributed by atoms with Crippen LogP contribution in [0.1, 0.15) is 9.85 Å². The van der Waals surface area contributed by atoms with Crippen molar-refractivity contribution in [2.24, 2.45) is 0 Å². The van der Waals surface area contributed by atoms with E-state index >= 15 is 0 Å². The second-order valence-corrected chi connectivity index (χ2v) is 4.03. The Labute approximate surface area is 82.6 Å². The first-order valence-electron chi connectivity index (χ1n) is 3.14. The minimum atomic E-state index is -0.443. The normalized spacial score (nSPS) is 12.5. The molecular formula is C7H5BrClNO2. The molecule has 1 aromatic carbocycles. The predicted molar refractivity (Wildman–Crippen MR) is 50.6 cm³/mol. The highest BCUT2D eigenvalue weighted by atomic mass is 79.9. The molecule has 3 nitrogen and oxygen atoms in total. The summed E-state index contributed by atoms with van der Waals surface area (Å²) >= 11 is 8.82. The average molecular weight is 250 g/mol. The zero-order valence-electron chi connectivity index (χ0n) is 5.91. The highest BCUT2D eigenvalue weighted by Crippen LogP contribution is 2.27. The first-order chi connectivity index (χ1) is 5.61. The van der Waals surface area contributed by atoms with E-state index in [9.17, 15) is 10.1 Å². The van der Waals surface area contributed by atoms with Gasteiger partial charge in [0, 0.05) is 12.1 Å². The summed E-state index contributed by atoms with van der Waals surface area (Å²) in [5.41, 5.74) is 0.880. The molecule has 0 radical (unpaired) electrons. The molecule has 0 saturated carbocycles. The molecule has 0 spiro atoms. The van der Waals surface area contributed by atoms with Crippen molar-refractivity contribution in [2.75, 3.05) is 0 Å². The number of non-ortho nitro benzene ring substituents is 1. The molecule has 0 amide bonds. The summed E-state index contributed by atoms with van der Waals surface area (Å²) in [6.07, 6.45) is 0. The van der Waals surface area contributed by atoms with Gasteiger partial charge in [-0.15, -0.1) is 11.6 Å². The molecule has 0 aliphatic rings. The van der Waals surface area contributed by atoms with Gasteiger partial charge in [-0.25, -0.2) is 0 Å². The molecule has 0 aliphatic heterocycles. The molecule has 1 unspecified atom stereocenters. The highest BCUT2D eigenvalue weighted by Gasteiger charge is 2.06. The molecule has 0 fully saturated rings. The fraction of sp³-hybridized carbons (Fsp3) is 0.143. The largest absolute Gasteiger partial charge is 0.269 e. The Morgan fingerprint density at radius 1 is 1.42 bits per heavy atom. The zero-order chi connectivity index (χ0) is 9.14. The molecule has 1 atom stereocenters. The van der Waals surface area contributed by atoms with Gasteiger partial charge in [-0.1, -0.05) is 15.9 Å². The van der Waals surface area contributed by atoms with Gasteiger partial charge in [-0.05, 0) is 17.7 Å². The van der Waals surface area contributed by atoms with E-state index in [1.54, 1.807) is 12.1 Å². The van der Waals surface area contributed by atoms with Crippen molar-refractivity contribution in [3.05, 3.63) is 39.9 Å². The fourth-order valence-electron chi connectivity index (χ4n) is 0.742. The van der Waals surface area contributed by atoms with E-state index in [0.717, 1.165) is 5.56 Å². The number of hydrogen-bond donors (Lipinski definition) is 0. The first-order valence-corrected chi connectivity index (χ1v) is 4.49. The van der Waals surface area contributed by atoms with Gasteiger partial charge in [0.2, 0.25) is 0 Å². The van der Waals surface area contributed by atoms with Gasteiger partial charge < -0.3 is 0 Å². The molecule has 0 saturated heterocycles. The number of halogens is 2. The summed E-state index contributed by atoms with van der Waals surface area (Å²) in [5, 5.41) is 10.2. The van der Waals surface area contributed by atoms with Crippen molar-refractivity contribution in [3.63, 3.8) is 0 Å². The average Bonchev–Trinajstić information content (AvgIpc) is 2.04. The lowest BCUT2D eigenvalue weighted by atomic mass is 10.2. The van der Waals surface area contributed by atoms with Gasteiger partial charge in [0.25, 0.3) is 5.69 Å². The van der Waals surface area contributed by atoms with Crippen molar-refractivity contribution in [1.82, 2.24) is 0 Å². The second-order valence-electron chi connectivity index (χ2n) is 2.15. The third-order valence-corrected chi connectivity index (χ3v) is 2.14. The molecule has 0 aromatic heterocycles. The lowest BCUT2D eigenvalue weighted by Crippen LogP contribution is -1.88. The topological polar surface area (TPSA) is 43.1 Å². The maximum Gasteiger partial charge on any atom is 0.269 e. The molecule has 64 valence electrons. The van der Waals surface area contributed by atoms with Crippen LogP contribution in [0.3, 0.4) is 0 Å². The Morgan fingerprint density at radius 2 is 1.92 bits per heavy atom. The van der Waals surface area contributed by atoms with Crippen LogP contribution in [-0.2, 0) is 0 Å². The van der Waals surface area contributed by atoms with Gasteiger partial charge in [0.1, 0.15) is 4.29 Å². The van der Waals surface area contributed by atoms with Crippen LogP contribution >= 0.6 is 27.5 Å². The summed E-state index contributed by atoms with van der Waals surface area (Å²) in [6, 6.07) is 6.08. The van der Waals surface area contributed by atoms with Gasteiger partial charge in [-0.2, -0.15) is 0 Å². The summed E-state index contributed by atoms with van der Waals surface area (Å²) in [7, 11) is 0. The number of hydrogen-bond acceptors (Lipinski definition) is 2. The molecular weight excluding hydrogens is 245 g/mol. The van der Waals surface area contributed by atoms with Crippen LogP contribution in [0.25, 0.3) is 0 Å². The first kappa shape index (κ1) is 9.48. The molecule has 0 aliphatic carbocycles. The summed E-state index contributed by atoms with van der Waals surface area (Å²) in [4.78, 5) is 9.80. The third kappa shape index (κ3) is 2.19. The van der Waals surface area contributed by atoms with Crippen LogP contribution in [0, 0.1) is 10.1 Å². The zero-order valence-corrected chi connectivity index (χ0v) is 8.25. The number of nitro groups is 1. The Kier molecular flexibility index (Phi) is 3.05. The van der Waals surface area contributed by atoms with Crippen LogP contribution in [0.5, 0.6) is 0 Å². The molecule has 0 heterocycles. The Bertz CT molecular complexity index is 286. The van der Waals surface area contributed by atoms with E-state index < -0.39 is 4.92 Å². The number of benzene rings is 1. The van der Waals surface area contributed by atoms with Crippen LogP contribution in [0.4, 0.5) is 5.69 Å². The van der Waals surface area contributed by atoms with Gasteiger partial charge in [0.15, 0.2) is 0 Å². The number of nitro benzene ring substituents is 1. The maximum atomic E-state index is 10.2. The van der Waals surface area contributed by atoms with Crippen molar-refractivity contribution in [1.29, 1.82) is 0 Å². The second kappa shape index (κ2) is 3.87. The SMILES string of the molecule is O=[N+]([O-])c1ccc(C(Cl)Br)cc1. The quantitative estimate of drug-likeness (QED) is 0.459. The molecule has 5 heteroatoms. The molecule has 0 bridgehead atoms. The summed E-state index contributed by atoms with van der Waals surface area (Å²) < 4.78 is -0.293. The van der Waals surface area contributed by atoms with Gasteiger partial charge in [-0.3, -0.25) is 10.1 Å². The maximum absolute atomic E-state index is 10.2. The fourth-order valence-corrected chi connectivity index (χ4v) is 1.19. The third-order valence-electron chi connectivity index (χ3n) is 1.36. The van der Waals surface area contributed by atoms with E-state index in [4.69, 9.17) is 11.6 Å². The molecule has 0 N–H and O–H groups in total. The highest BCUT2D eigenvalue weighted by molar-refractivity contribution is 9.09. The monoisotopic (exact) mass is 249 g/mol. The van der Waals surface area contributed by atoms with Crippen LogP contribution in [0.15, 0.2) is 24.3 Å². The van der Waals surface area contributed by atoms with E-state index in [1.165, 1.54) is 12.1 Å². The molecule has 1 aromatic rings. The van der Waals surface area contributed by atoms with Crippen LogP contribution in [-0.4, -0.2) is 4.92 Å². The van der Waals surface area contributed by atoms with Crippen molar-refractivity contribution in [3.8, 4) is 0 Å². The van der Waals surface area contributed by atoms with Crippen molar-refractivity contribution >= 4 is 33.2 Å². The minimum Gasteiger partial charge on any atom is -0.258 e. The van der Waals surface area contributed by atoms with E-state index in [-0.39, 0.29) is 9.97 Å². The summed E-state index contributed by atoms with van der Waals surface area (Å²) in [5.74, 6) is 0. The van der Waals surface area contributed by atoms with E-state index in [2.05, 4.69) is 15.9 Å². The Balaban J connectivity index is 2.93. The van der Waals surface area contributed by atoms with Crippen molar-refractivity contribution in [2.45, 2.75) is 4.29 Å². The predicted octanol–water partition coefficient (Wildman–Crippen LogP) is 3.23.